The Hall–Kier alpha value is -1.76. The maximum absolute atomic E-state index is 12.8. The summed E-state index contributed by atoms with van der Waals surface area (Å²) in [7, 11) is 0. The Bertz CT molecular complexity index is 522. The lowest BCUT2D eigenvalue weighted by atomic mass is 9.85. The smallest absolute Gasteiger partial charge is 0.391 e. The van der Waals surface area contributed by atoms with Gasteiger partial charge in [0.05, 0.1) is 12.0 Å². The third-order valence-electron chi connectivity index (χ3n) is 4.28. The van der Waals surface area contributed by atoms with Gasteiger partial charge in [0.15, 0.2) is 0 Å². The Morgan fingerprint density at radius 3 is 2.62 bits per heavy atom. The summed E-state index contributed by atoms with van der Waals surface area (Å²) in [6, 6.07) is 8.35. The first-order chi connectivity index (χ1) is 11.3. The summed E-state index contributed by atoms with van der Waals surface area (Å²) in [5.41, 5.74) is 0.951. The van der Waals surface area contributed by atoms with E-state index in [0.29, 0.717) is 19.3 Å². The van der Waals surface area contributed by atoms with Gasteiger partial charge in [0.25, 0.3) is 0 Å². The highest BCUT2D eigenvalue weighted by Crippen LogP contribution is 2.37. The summed E-state index contributed by atoms with van der Waals surface area (Å²) in [4.78, 5) is 11.8. The van der Waals surface area contributed by atoms with Crippen molar-refractivity contribution in [2.75, 3.05) is 6.54 Å². The average Bonchev–Trinajstić information content (AvgIpc) is 2.53. The molecule has 3 atom stereocenters. The van der Waals surface area contributed by atoms with Crippen LogP contribution in [0.5, 0.6) is 0 Å². The van der Waals surface area contributed by atoms with E-state index in [1.54, 1.807) is 0 Å². The average molecular weight is 344 g/mol. The number of amides is 2. The zero-order chi connectivity index (χ0) is 17.6. The molecule has 1 aromatic rings. The zero-order valence-electron chi connectivity index (χ0n) is 13.4. The number of nitrogens with one attached hydrogen (secondary N) is 2. The summed E-state index contributed by atoms with van der Waals surface area (Å²) in [6.07, 6.45) is -3.50. The Labute approximate surface area is 139 Å². The molecule has 0 aromatic heterocycles. The normalized spacial score (nSPS) is 22.7. The third kappa shape index (κ3) is 6.03. The van der Waals surface area contributed by atoms with Crippen LogP contribution in [0.15, 0.2) is 30.3 Å². The summed E-state index contributed by atoms with van der Waals surface area (Å²) in [5, 5.41) is 15.0. The first-order valence-corrected chi connectivity index (χ1v) is 8.17. The highest BCUT2D eigenvalue weighted by Gasteiger charge is 2.42. The van der Waals surface area contributed by atoms with Gasteiger partial charge in [-0.25, -0.2) is 4.79 Å². The van der Waals surface area contributed by atoms with Crippen LogP contribution < -0.4 is 10.6 Å². The van der Waals surface area contributed by atoms with E-state index in [4.69, 9.17) is 0 Å². The molecule has 0 spiro atoms. The predicted molar refractivity (Wildman–Crippen MR) is 84.5 cm³/mol. The number of hydrogen-bond acceptors (Lipinski definition) is 2. The van der Waals surface area contributed by atoms with E-state index in [-0.39, 0.29) is 19.4 Å². The molecule has 1 aliphatic carbocycles. The minimum atomic E-state index is -4.21. The van der Waals surface area contributed by atoms with Crippen LogP contribution in [0.4, 0.5) is 18.0 Å². The number of alkyl halides is 3. The van der Waals surface area contributed by atoms with Gasteiger partial charge in [-0.2, -0.15) is 13.2 Å². The van der Waals surface area contributed by atoms with Gasteiger partial charge < -0.3 is 15.7 Å². The molecule has 0 aliphatic heterocycles. The maximum Gasteiger partial charge on any atom is 0.391 e. The maximum atomic E-state index is 12.8. The molecule has 24 heavy (non-hydrogen) atoms. The van der Waals surface area contributed by atoms with Crippen molar-refractivity contribution in [1.82, 2.24) is 10.6 Å². The summed E-state index contributed by atoms with van der Waals surface area (Å²) in [5.74, 6) is -1.35. The topological polar surface area (TPSA) is 61.4 Å². The molecule has 1 saturated carbocycles. The van der Waals surface area contributed by atoms with Crippen LogP contribution in [0.1, 0.15) is 31.2 Å². The second-order valence-electron chi connectivity index (χ2n) is 6.30. The van der Waals surface area contributed by atoms with Gasteiger partial charge >= 0.3 is 12.2 Å². The van der Waals surface area contributed by atoms with Crippen LogP contribution in [0.25, 0.3) is 0 Å². The molecule has 3 N–H and O–H groups in total. The molecule has 1 aromatic carbocycles. The van der Waals surface area contributed by atoms with E-state index in [9.17, 15) is 23.1 Å². The summed E-state index contributed by atoms with van der Waals surface area (Å²) >= 11 is 0. The van der Waals surface area contributed by atoms with Gasteiger partial charge in [0.2, 0.25) is 0 Å². The molecule has 1 fully saturated rings. The number of aliphatic hydroxyl groups is 1. The highest BCUT2D eigenvalue weighted by atomic mass is 19.4. The number of halogens is 3. The fourth-order valence-electron chi connectivity index (χ4n) is 3.02. The lowest BCUT2D eigenvalue weighted by molar-refractivity contribution is -0.183. The molecule has 0 heterocycles. The fraction of sp³-hybridized carbons (Fsp3) is 0.588. The van der Waals surface area contributed by atoms with Gasteiger partial charge in [-0.15, -0.1) is 0 Å². The van der Waals surface area contributed by atoms with Crippen LogP contribution in [0.2, 0.25) is 0 Å². The van der Waals surface area contributed by atoms with Gasteiger partial charge in [-0.1, -0.05) is 36.8 Å². The van der Waals surface area contributed by atoms with Crippen LogP contribution in [0.3, 0.4) is 0 Å². The van der Waals surface area contributed by atoms with E-state index in [1.807, 2.05) is 30.3 Å². The van der Waals surface area contributed by atoms with Crippen LogP contribution >= 0.6 is 0 Å². The van der Waals surface area contributed by atoms with Crippen molar-refractivity contribution in [2.24, 2.45) is 5.92 Å². The van der Waals surface area contributed by atoms with Crippen molar-refractivity contribution in [2.45, 2.75) is 50.4 Å². The van der Waals surface area contributed by atoms with Crippen molar-refractivity contribution in [3.63, 3.8) is 0 Å². The van der Waals surface area contributed by atoms with E-state index in [1.165, 1.54) is 0 Å². The molecular weight excluding hydrogens is 321 g/mol. The zero-order valence-corrected chi connectivity index (χ0v) is 13.4. The Balaban J connectivity index is 1.71. The number of carbonyl (C=O) groups excluding carboxylic acids is 1. The van der Waals surface area contributed by atoms with E-state index in [0.717, 1.165) is 5.56 Å². The third-order valence-corrected chi connectivity index (χ3v) is 4.28. The van der Waals surface area contributed by atoms with Crippen LogP contribution in [-0.4, -0.2) is 36.0 Å². The van der Waals surface area contributed by atoms with Crippen molar-refractivity contribution in [3.05, 3.63) is 35.9 Å². The molecule has 2 amide bonds. The molecule has 7 heteroatoms. The van der Waals surface area contributed by atoms with Crippen LogP contribution in [0, 0.1) is 5.92 Å². The van der Waals surface area contributed by atoms with Crippen molar-refractivity contribution < 1.29 is 23.1 Å². The van der Waals surface area contributed by atoms with E-state index >= 15 is 0 Å². The van der Waals surface area contributed by atoms with Gasteiger partial charge in [-0.05, 0) is 24.8 Å². The second kappa shape index (κ2) is 8.37. The number of urea groups is 1. The molecule has 2 rings (SSSR count). The van der Waals surface area contributed by atoms with Crippen LogP contribution in [-0.2, 0) is 6.42 Å². The number of rotatable bonds is 5. The van der Waals surface area contributed by atoms with Gasteiger partial charge in [0, 0.05) is 19.0 Å². The first-order valence-electron chi connectivity index (χ1n) is 8.17. The standard InChI is InChI=1S/C17H23F3N2O2/c18-17(19,20)13-7-4-8-14(10-13)22-16(24)21-11-15(23)9-12-5-2-1-3-6-12/h1-3,5-6,13-15,23H,4,7-11H2,(H2,21,22,24). The monoisotopic (exact) mass is 344 g/mol. The lowest BCUT2D eigenvalue weighted by Gasteiger charge is -2.31. The molecule has 0 bridgehead atoms. The molecule has 0 radical (unpaired) electrons. The molecule has 1 aliphatic rings. The molecule has 4 nitrogen and oxygen atoms in total. The minimum absolute atomic E-state index is 0.0517. The SMILES string of the molecule is O=C(NCC(O)Cc1ccccc1)NC1CCCC(C(F)(F)F)C1. The molecular formula is C17H23F3N2O2. The van der Waals surface area contributed by atoms with Crippen molar-refractivity contribution in [3.8, 4) is 0 Å². The molecule has 134 valence electrons. The van der Waals surface area contributed by atoms with Gasteiger partial charge in [-0.3, -0.25) is 0 Å². The van der Waals surface area contributed by atoms with Crippen molar-refractivity contribution >= 4 is 6.03 Å². The quantitative estimate of drug-likeness (QED) is 0.769. The largest absolute Gasteiger partial charge is 0.391 e. The molecule has 3 unspecified atom stereocenters. The Morgan fingerprint density at radius 1 is 1.25 bits per heavy atom. The fourth-order valence-corrected chi connectivity index (χ4v) is 3.02. The number of carbonyl (C=O) groups is 1. The second-order valence-corrected chi connectivity index (χ2v) is 6.30. The minimum Gasteiger partial charge on any atom is -0.391 e. The van der Waals surface area contributed by atoms with E-state index < -0.39 is 30.3 Å². The summed E-state index contributed by atoms with van der Waals surface area (Å²) in [6.45, 7) is 0.0517. The first kappa shape index (κ1) is 18.6. The van der Waals surface area contributed by atoms with Gasteiger partial charge in [0.1, 0.15) is 0 Å². The predicted octanol–water partition coefficient (Wildman–Crippen LogP) is 3.01. The number of aliphatic hydroxyl groups excluding tert-OH is 1. The van der Waals surface area contributed by atoms with Crippen molar-refractivity contribution in [1.29, 1.82) is 0 Å². The summed E-state index contributed by atoms with van der Waals surface area (Å²) < 4.78 is 38.3. The highest BCUT2D eigenvalue weighted by molar-refractivity contribution is 5.74. The van der Waals surface area contributed by atoms with E-state index in [2.05, 4.69) is 10.6 Å². The number of hydrogen-bond donors (Lipinski definition) is 3. The Morgan fingerprint density at radius 2 is 1.96 bits per heavy atom. The number of benzene rings is 1. The lowest BCUT2D eigenvalue weighted by Crippen LogP contribution is -2.47. The Kier molecular flexibility index (Phi) is 6.48. The molecule has 0 saturated heterocycles.